The van der Waals surface area contributed by atoms with Crippen molar-refractivity contribution in [3.05, 3.63) is 18.2 Å². The highest BCUT2D eigenvalue weighted by Crippen LogP contribution is 2.38. The van der Waals surface area contributed by atoms with Gasteiger partial charge in [0.05, 0.1) is 12.4 Å². The number of rotatable bonds is 3. The fourth-order valence-electron chi connectivity index (χ4n) is 2.37. The second-order valence-electron chi connectivity index (χ2n) is 4.93. The van der Waals surface area contributed by atoms with Gasteiger partial charge in [-0.05, 0) is 18.9 Å². The van der Waals surface area contributed by atoms with Crippen molar-refractivity contribution >= 4 is 30.5 Å². The van der Waals surface area contributed by atoms with Gasteiger partial charge in [-0.25, -0.2) is 4.98 Å². The van der Waals surface area contributed by atoms with Crippen LogP contribution in [0.4, 0.5) is 11.8 Å². The van der Waals surface area contributed by atoms with E-state index in [2.05, 4.69) is 15.0 Å². The van der Waals surface area contributed by atoms with Gasteiger partial charge < -0.3 is 26.0 Å². The number of aromatic nitrogens is 4. The van der Waals surface area contributed by atoms with Crippen molar-refractivity contribution in [2.45, 2.75) is 25.2 Å². The van der Waals surface area contributed by atoms with Crippen molar-refractivity contribution in [2.75, 3.05) is 11.5 Å². The Labute approximate surface area is 125 Å². The summed E-state index contributed by atoms with van der Waals surface area (Å²) in [7, 11) is -4.18. The minimum Gasteiger partial charge on any atom is -0.382 e. The Hall–Kier alpha value is -2.00. The zero-order valence-corrected chi connectivity index (χ0v) is 12.3. The molecule has 1 aliphatic rings. The number of ether oxygens (including phenoxy) is 1. The molecule has 11 heteroatoms. The average Bonchev–Trinajstić information content (AvgIpc) is 3.01. The normalized spacial score (nSPS) is 22.8. The van der Waals surface area contributed by atoms with Gasteiger partial charge in [0.25, 0.3) is 0 Å². The summed E-state index contributed by atoms with van der Waals surface area (Å²) in [6.45, 7) is 0. The molecule has 2 atom stereocenters. The summed E-state index contributed by atoms with van der Waals surface area (Å²) in [6.07, 6.45) is 3.44. The van der Waals surface area contributed by atoms with Crippen molar-refractivity contribution in [2.24, 2.45) is 0 Å². The number of nitrogens with zero attached hydrogens (tertiary/aromatic N) is 4. The molecule has 0 unspecified atom stereocenters. The summed E-state index contributed by atoms with van der Waals surface area (Å²) >= 11 is 0. The molecule has 1 fully saturated rings. The molecule has 22 heavy (non-hydrogen) atoms. The molecule has 3 heterocycles. The van der Waals surface area contributed by atoms with Crippen LogP contribution in [0.3, 0.4) is 0 Å². The Morgan fingerprint density at radius 3 is 2.86 bits per heavy atom. The first kappa shape index (κ1) is 14.9. The van der Waals surface area contributed by atoms with Crippen molar-refractivity contribution in [1.29, 1.82) is 0 Å². The maximum Gasteiger partial charge on any atom is 0.348 e. The minimum absolute atomic E-state index is 0.0442. The Morgan fingerprint density at radius 1 is 1.36 bits per heavy atom. The third-order valence-corrected chi connectivity index (χ3v) is 3.86. The van der Waals surface area contributed by atoms with Gasteiger partial charge >= 0.3 is 7.60 Å². The lowest BCUT2D eigenvalue weighted by Crippen LogP contribution is -2.10. The van der Waals surface area contributed by atoms with Crippen molar-refractivity contribution in [3.8, 4) is 0 Å². The van der Waals surface area contributed by atoms with E-state index in [1.807, 2.05) is 0 Å². The van der Waals surface area contributed by atoms with Crippen molar-refractivity contribution < 1.29 is 19.1 Å². The van der Waals surface area contributed by atoms with Gasteiger partial charge in [0.15, 0.2) is 11.5 Å². The predicted octanol–water partition coefficient (Wildman–Crippen LogP) is 0.360. The average molecular weight is 326 g/mol. The van der Waals surface area contributed by atoms with E-state index in [1.165, 1.54) is 12.4 Å². The summed E-state index contributed by atoms with van der Waals surface area (Å²) < 4.78 is 18.3. The number of nitrogens with two attached hydrogens (primary N) is 2. The molecule has 0 radical (unpaired) electrons. The molecule has 3 rings (SSSR count). The number of hydrogen-bond acceptors (Lipinski definition) is 7. The van der Waals surface area contributed by atoms with Crippen LogP contribution < -0.4 is 11.5 Å². The van der Waals surface area contributed by atoms with Gasteiger partial charge in [-0.15, -0.1) is 0 Å². The lowest BCUT2D eigenvalue weighted by atomic mass is 10.2. The Bertz CT molecular complexity index is 784. The summed E-state index contributed by atoms with van der Waals surface area (Å²) in [5.74, 6) is 1.09. The summed E-state index contributed by atoms with van der Waals surface area (Å²) in [4.78, 5) is 29.8. The maximum absolute atomic E-state index is 10.8. The van der Waals surface area contributed by atoms with Gasteiger partial charge in [0.2, 0.25) is 5.95 Å². The first-order valence-electron chi connectivity index (χ1n) is 6.49. The van der Waals surface area contributed by atoms with Gasteiger partial charge in [-0.3, -0.25) is 9.13 Å². The van der Waals surface area contributed by atoms with E-state index in [4.69, 9.17) is 26.0 Å². The number of hydrogen-bond donors (Lipinski definition) is 4. The topological polar surface area (TPSA) is 162 Å². The number of anilines is 2. The molecule has 2 aromatic heterocycles. The highest BCUT2D eigenvalue weighted by atomic mass is 31.2. The zero-order chi connectivity index (χ0) is 15.9. The smallest absolute Gasteiger partial charge is 0.348 e. The van der Waals surface area contributed by atoms with E-state index in [9.17, 15) is 4.57 Å². The molecule has 118 valence electrons. The molecule has 0 bridgehead atoms. The summed E-state index contributed by atoms with van der Waals surface area (Å²) in [5, 5.41) is 0. The third kappa shape index (κ3) is 2.95. The van der Waals surface area contributed by atoms with Crippen molar-refractivity contribution in [3.63, 3.8) is 0 Å². The SMILES string of the molecule is Nc1nc(N)c2ncn([C@H]3CC[C@@H](/C=C/P(=O)(O)O)O3)c2n1. The number of imidazole rings is 1. The van der Waals surface area contributed by atoms with E-state index in [0.29, 0.717) is 24.0 Å². The van der Waals surface area contributed by atoms with Crippen LogP contribution in [0.25, 0.3) is 11.2 Å². The van der Waals surface area contributed by atoms with Crippen molar-refractivity contribution in [1.82, 2.24) is 19.5 Å². The fourth-order valence-corrected chi connectivity index (χ4v) is 2.78. The molecule has 0 aromatic carbocycles. The van der Waals surface area contributed by atoms with Crippen LogP contribution in [0.15, 0.2) is 18.2 Å². The largest absolute Gasteiger partial charge is 0.382 e. The highest BCUT2D eigenvalue weighted by molar-refractivity contribution is 7.55. The number of nitrogen functional groups attached to an aromatic ring is 2. The van der Waals surface area contributed by atoms with Crippen LogP contribution >= 0.6 is 7.60 Å². The van der Waals surface area contributed by atoms with Crippen LogP contribution in [0.5, 0.6) is 0 Å². The Balaban J connectivity index is 1.85. The number of fused-ring (bicyclic) bond motifs is 1. The first-order chi connectivity index (χ1) is 10.3. The van der Waals surface area contributed by atoms with E-state index >= 15 is 0 Å². The van der Waals surface area contributed by atoms with Gasteiger partial charge in [0, 0.05) is 5.82 Å². The van der Waals surface area contributed by atoms with E-state index in [1.54, 1.807) is 4.57 Å². The molecule has 6 N–H and O–H groups in total. The van der Waals surface area contributed by atoms with Crippen LogP contribution in [-0.4, -0.2) is 35.4 Å². The maximum atomic E-state index is 10.8. The Morgan fingerprint density at radius 2 is 2.14 bits per heavy atom. The van der Waals surface area contributed by atoms with E-state index < -0.39 is 7.60 Å². The molecule has 0 aliphatic carbocycles. The van der Waals surface area contributed by atoms with E-state index in [-0.39, 0.29) is 24.1 Å². The molecule has 2 aromatic rings. The lowest BCUT2D eigenvalue weighted by molar-refractivity contribution is 0.0259. The molecule has 10 nitrogen and oxygen atoms in total. The molecule has 1 saturated heterocycles. The monoisotopic (exact) mass is 326 g/mol. The lowest BCUT2D eigenvalue weighted by Gasteiger charge is -2.13. The molecular weight excluding hydrogens is 311 g/mol. The molecule has 0 saturated carbocycles. The zero-order valence-electron chi connectivity index (χ0n) is 11.4. The highest BCUT2D eigenvalue weighted by Gasteiger charge is 2.27. The van der Waals surface area contributed by atoms with Crippen LogP contribution in [0.2, 0.25) is 0 Å². The van der Waals surface area contributed by atoms with Gasteiger partial charge in [-0.2, -0.15) is 9.97 Å². The molecule has 0 amide bonds. The second kappa shape index (κ2) is 5.33. The van der Waals surface area contributed by atoms with Gasteiger partial charge in [-0.1, -0.05) is 0 Å². The predicted molar refractivity (Wildman–Crippen MR) is 78.5 cm³/mol. The quantitative estimate of drug-likeness (QED) is 0.583. The second-order valence-corrected chi connectivity index (χ2v) is 6.40. The molecular formula is C11H15N6O4P. The molecule has 0 spiro atoms. The van der Waals surface area contributed by atoms with Crippen LogP contribution in [-0.2, 0) is 9.30 Å². The van der Waals surface area contributed by atoms with E-state index in [0.717, 1.165) is 5.82 Å². The van der Waals surface area contributed by atoms with Crippen LogP contribution in [0.1, 0.15) is 19.1 Å². The van der Waals surface area contributed by atoms with Crippen LogP contribution in [0, 0.1) is 0 Å². The summed E-state index contributed by atoms with van der Waals surface area (Å²) in [6, 6.07) is 0. The fraction of sp³-hybridized carbons (Fsp3) is 0.364. The molecule has 1 aliphatic heterocycles. The first-order valence-corrected chi connectivity index (χ1v) is 8.17. The third-order valence-electron chi connectivity index (χ3n) is 3.30. The standard InChI is InChI=1S/C11H15N6O4P/c12-9-8-10(16-11(13)15-9)17(5-14-8)7-2-1-6(21-7)3-4-22(18,19)20/h3-7H,1-2H2,(H2,18,19,20)(H4,12,13,15,16)/b4-3+/t6-,7+/m0/s1. The summed E-state index contributed by atoms with van der Waals surface area (Å²) in [5.41, 5.74) is 12.2. The minimum atomic E-state index is -4.18. The Kier molecular flexibility index (Phi) is 3.61. The van der Waals surface area contributed by atoms with Gasteiger partial charge in [0.1, 0.15) is 11.7 Å².